The predicted octanol–water partition coefficient (Wildman–Crippen LogP) is 2.01. The average Bonchev–Trinajstić information content (AvgIpc) is 2.85. The number of carbonyl (C=O) groups is 2. The number of hydrogen-bond acceptors (Lipinski definition) is 4. The van der Waals surface area contributed by atoms with Gasteiger partial charge in [0, 0.05) is 25.2 Å². The molecule has 7 nitrogen and oxygen atoms in total. The first kappa shape index (κ1) is 20.4. The number of carboxylic acids is 1. The van der Waals surface area contributed by atoms with Gasteiger partial charge in [0.1, 0.15) is 0 Å². The van der Waals surface area contributed by atoms with E-state index in [4.69, 9.17) is 0 Å². The van der Waals surface area contributed by atoms with Crippen molar-refractivity contribution in [1.29, 1.82) is 0 Å². The van der Waals surface area contributed by atoms with Crippen LogP contribution in [0.3, 0.4) is 0 Å². The normalized spacial score (nSPS) is 18.0. The van der Waals surface area contributed by atoms with Gasteiger partial charge in [0.2, 0.25) is 15.9 Å². The van der Waals surface area contributed by atoms with Gasteiger partial charge in [-0.05, 0) is 49.4 Å². The van der Waals surface area contributed by atoms with Gasteiger partial charge in [-0.2, -0.15) is 0 Å². The maximum atomic E-state index is 12.6. The van der Waals surface area contributed by atoms with Crippen molar-refractivity contribution in [3.63, 3.8) is 0 Å². The van der Waals surface area contributed by atoms with Crippen LogP contribution in [0.2, 0.25) is 0 Å². The number of nitrogens with one attached hydrogen (secondary N) is 1. The number of carbonyl (C=O) groups excluding carboxylic acids is 1. The van der Waals surface area contributed by atoms with E-state index >= 15 is 0 Å². The average molecular weight is 382 g/mol. The molecule has 2 N–H and O–H groups in total. The summed E-state index contributed by atoms with van der Waals surface area (Å²) in [6.45, 7) is 7.04. The maximum Gasteiger partial charge on any atom is 0.307 e. The van der Waals surface area contributed by atoms with E-state index < -0.39 is 21.9 Å². The van der Waals surface area contributed by atoms with E-state index in [0.29, 0.717) is 12.8 Å². The third kappa shape index (κ3) is 4.42. The van der Waals surface area contributed by atoms with Crippen LogP contribution in [0.15, 0.2) is 23.1 Å². The molecule has 0 saturated carbocycles. The van der Waals surface area contributed by atoms with E-state index in [-0.39, 0.29) is 29.3 Å². The topological polar surface area (TPSA) is 104 Å². The molecule has 0 spiro atoms. The molecular formula is C18H26N2O5S. The van der Waals surface area contributed by atoms with Crippen LogP contribution in [0.5, 0.6) is 0 Å². The van der Waals surface area contributed by atoms with Crippen molar-refractivity contribution >= 4 is 27.6 Å². The standard InChI is InChI=1S/C18H26N2O5S/c1-11(2)7-15(18(22)23)10-19-26(24,25)16-5-6-17-14(9-16)8-12(3)20(17)13(4)21/h5-6,9,11-12,15,19H,7-8,10H2,1-4H3,(H,22,23). The third-order valence-corrected chi connectivity index (χ3v) is 5.96. The Morgan fingerprint density at radius 2 is 2.00 bits per heavy atom. The first-order valence-electron chi connectivity index (χ1n) is 8.68. The summed E-state index contributed by atoms with van der Waals surface area (Å²) in [5.41, 5.74) is 1.53. The molecule has 0 aromatic heterocycles. The lowest BCUT2D eigenvalue weighted by Gasteiger charge is -2.20. The second-order valence-corrected chi connectivity index (χ2v) is 9.02. The fourth-order valence-electron chi connectivity index (χ4n) is 3.39. The van der Waals surface area contributed by atoms with Crippen LogP contribution in [-0.4, -0.2) is 38.0 Å². The monoisotopic (exact) mass is 382 g/mol. The number of hydrogen-bond donors (Lipinski definition) is 2. The van der Waals surface area contributed by atoms with Crippen molar-refractivity contribution in [1.82, 2.24) is 4.72 Å². The van der Waals surface area contributed by atoms with Crippen molar-refractivity contribution in [3.05, 3.63) is 23.8 Å². The molecule has 0 fully saturated rings. The third-order valence-electron chi connectivity index (χ3n) is 4.54. The van der Waals surface area contributed by atoms with E-state index in [1.54, 1.807) is 17.0 Å². The van der Waals surface area contributed by atoms with E-state index in [9.17, 15) is 23.1 Å². The van der Waals surface area contributed by atoms with E-state index in [0.717, 1.165) is 11.3 Å². The molecule has 2 unspecified atom stereocenters. The van der Waals surface area contributed by atoms with E-state index in [1.165, 1.54) is 13.0 Å². The molecule has 0 bridgehead atoms. The molecule has 1 aliphatic heterocycles. The van der Waals surface area contributed by atoms with Crippen molar-refractivity contribution in [2.45, 2.75) is 51.5 Å². The highest BCUT2D eigenvalue weighted by Gasteiger charge is 2.30. The molecule has 1 aromatic rings. The maximum absolute atomic E-state index is 12.6. The van der Waals surface area contributed by atoms with Gasteiger partial charge in [0.25, 0.3) is 0 Å². The number of rotatable bonds is 7. The zero-order valence-electron chi connectivity index (χ0n) is 15.5. The number of sulfonamides is 1. The molecule has 1 aromatic carbocycles. The minimum Gasteiger partial charge on any atom is -0.481 e. The van der Waals surface area contributed by atoms with Gasteiger partial charge < -0.3 is 10.0 Å². The lowest BCUT2D eigenvalue weighted by Crippen LogP contribution is -2.34. The Hall–Kier alpha value is -1.93. The van der Waals surface area contributed by atoms with Crippen molar-refractivity contribution in [3.8, 4) is 0 Å². The Bertz CT molecular complexity index is 804. The Kier molecular flexibility index (Phi) is 6.08. The lowest BCUT2D eigenvalue weighted by molar-refractivity contribution is -0.142. The molecule has 0 saturated heterocycles. The van der Waals surface area contributed by atoms with Gasteiger partial charge in [-0.15, -0.1) is 0 Å². The highest BCUT2D eigenvalue weighted by molar-refractivity contribution is 7.89. The summed E-state index contributed by atoms with van der Waals surface area (Å²) in [5.74, 6) is -1.71. The second kappa shape index (κ2) is 7.75. The van der Waals surface area contributed by atoms with Crippen molar-refractivity contribution in [2.24, 2.45) is 11.8 Å². The van der Waals surface area contributed by atoms with Crippen LogP contribution >= 0.6 is 0 Å². The van der Waals surface area contributed by atoms with Gasteiger partial charge >= 0.3 is 5.97 Å². The summed E-state index contributed by atoms with van der Waals surface area (Å²) in [7, 11) is -3.82. The smallest absolute Gasteiger partial charge is 0.307 e. The molecule has 1 amide bonds. The van der Waals surface area contributed by atoms with E-state index in [1.807, 2.05) is 20.8 Å². The molecule has 0 aliphatic carbocycles. The second-order valence-electron chi connectivity index (χ2n) is 7.25. The highest BCUT2D eigenvalue weighted by Crippen LogP contribution is 2.33. The molecular weight excluding hydrogens is 356 g/mol. The van der Waals surface area contributed by atoms with Crippen LogP contribution in [0, 0.1) is 11.8 Å². The molecule has 1 heterocycles. The van der Waals surface area contributed by atoms with Gasteiger partial charge in [0.05, 0.1) is 10.8 Å². The Morgan fingerprint density at radius 1 is 1.35 bits per heavy atom. The summed E-state index contributed by atoms with van der Waals surface area (Å²) in [4.78, 5) is 24.8. The fraction of sp³-hybridized carbons (Fsp3) is 0.556. The number of benzene rings is 1. The van der Waals surface area contributed by atoms with Gasteiger partial charge in [-0.1, -0.05) is 13.8 Å². The first-order valence-corrected chi connectivity index (χ1v) is 10.2. The van der Waals surface area contributed by atoms with Gasteiger partial charge in [0.15, 0.2) is 0 Å². The van der Waals surface area contributed by atoms with Crippen molar-refractivity contribution in [2.75, 3.05) is 11.4 Å². The summed E-state index contributed by atoms with van der Waals surface area (Å²) in [6.07, 6.45) is 0.983. The fourth-order valence-corrected chi connectivity index (χ4v) is 4.52. The molecule has 0 radical (unpaired) electrons. The molecule has 144 valence electrons. The quantitative estimate of drug-likeness (QED) is 0.751. The number of aliphatic carboxylic acids is 1. The highest BCUT2D eigenvalue weighted by atomic mass is 32.2. The van der Waals surface area contributed by atoms with Crippen LogP contribution in [-0.2, 0) is 26.0 Å². The summed E-state index contributed by atoms with van der Waals surface area (Å²) < 4.78 is 27.5. The van der Waals surface area contributed by atoms with Crippen LogP contribution in [0.1, 0.15) is 39.7 Å². The van der Waals surface area contributed by atoms with Crippen LogP contribution in [0.25, 0.3) is 0 Å². The summed E-state index contributed by atoms with van der Waals surface area (Å²) in [5, 5.41) is 9.25. The zero-order chi connectivity index (χ0) is 19.6. The molecule has 1 aliphatic rings. The molecule has 8 heteroatoms. The number of fused-ring (bicyclic) bond motifs is 1. The molecule has 2 atom stereocenters. The Morgan fingerprint density at radius 3 is 2.54 bits per heavy atom. The zero-order valence-corrected chi connectivity index (χ0v) is 16.3. The number of nitrogens with zero attached hydrogens (tertiary/aromatic N) is 1. The summed E-state index contributed by atoms with van der Waals surface area (Å²) in [6, 6.07) is 4.64. The first-order chi connectivity index (χ1) is 12.0. The summed E-state index contributed by atoms with van der Waals surface area (Å²) >= 11 is 0. The molecule has 2 rings (SSSR count). The Balaban J connectivity index is 2.19. The van der Waals surface area contributed by atoms with E-state index in [2.05, 4.69) is 4.72 Å². The van der Waals surface area contributed by atoms with Gasteiger partial charge in [-0.3, -0.25) is 9.59 Å². The SMILES string of the molecule is CC(=O)N1c2ccc(S(=O)(=O)NCC(CC(C)C)C(=O)O)cc2CC1C. The Labute approximate surface area is 154 Å². The minimum atomic E-state index is -3.82. The number of amides is 1. The van der Waals surface area contributed by atoms with Crippen molar-refractivity contribution < 1.29 is 23.1 Å². The molecule has 26 heavy (non-hydrogen) atoms. The minimum absolute atomic E-state index is 0.0177. The van der Waals surface area contributed by atoms with Crippen LogP contribution in [0.4, 0.5) is 5.69 Å². The number of carboxylic acid groups (broad SMARTS) is 1. The van der Waals surface area contributed by atoms with Gasteiger partial charge in [-0.25, -0.2) is 13.1 Å². The predicted molar refractivity (Wildman–Crippen MR) is 98.5 cm³/mol. The lowest BCUT2D eigenvalue weighted by atomic mass is 9.98. The largest absolute Gasteiger partial charge is 0.481 e. The van der Waals surface area contributed by atoms with Crippen LogP contribution < -0.4 is 9.62 Å². The number of anilines is 1.